The van der Waals surface area contributed by atoms with Gasteiger partial charge in [-0.15, -0.1) is 0 Å². The zero-order valence-corrected chi connectivity index (χ0v) is 9.49. The first-order chi connectivity index (χ1) is 7.42. The van der Waals surface area contributed by atoms with Crippen LogP contribution in [0.4, 0.5) is 0 Å². The van der Waals surface area contributed by atoms with Crippen molar-refractivity contribution in [1.82, 2.24) is 0 Å². The zero-order valence-electron chi connectivity index (χ0n) is 9.49. The Bertz CT molecular complexity index is 326. The molecule has 0 rings (SSSR count). The molecule has 0 aromatic rings. The lowest BCUT2D eigenvalue weighted by Crippen LogP contribution is -2.50. The molecule has 6 heteroatoms. The first kappa shape index (κ1) is 14.4. The maximum absolute atomic E-state index is 10.8. The molecule has 0 radical (unpaired) electrons. The molecule has 0 amide bonds. The fraction of sp³-hybridized carbons (Fsp3) is 0.600. The van der Waals surface area contributed by atoms with Gasteiger partial charge < -0.3 is 21.3 Å². The number of aliphatic imine (C=N–C) groups is 1. The highest BCUT2D eigenvalue weighted by molar-refractivity contribution is 5.83. The maximum atomic E-state index is 10.8. The summed E-state index contributed by atoms with van der Waals surface area (Å²) >= 11 is 0. The third-order valence-corrected chi connectivity index (χ3v) is 1.66. The summed E-state index contributed by atoms with van der Waals surface area (Å²) in [6.07, 6.45) is 0.407. The van der Waals surface area contributed by atoms with Crippen LogP contribution in [-0.4, -0.2) is 42.7 Å². The van der Waals surface area contributed by atoms with Crippen molar-refractivity contribution in [1.29, 1.82) is 0 Å². The van der Waals surface area contributed by atoms with E-state index >= 15 is 0 Å². The summed E-state index contributed by atoms with van der Waals surface area (Å²) < 4.78 is 4.71. The zero-order chi connectivity index (χ0) is 12.6. The lowest BCUT2D eigenvalue weighted by molar-refractivity contribution is -0.142. The average Bonchev–Trinajstić information content (AvgIpc) is 2.17. The number of hydrogen-bond donors (Lipinski definition) is 3. The van der Waals surface area contributed by atoms with Crippen LogP contribution in [0.25, 0.3) is 0 Å². The normalized spacial score (nSPS) is 14.8. The number of rotatable bonds is 5. The molecular formula is C10H17N3O3. The highest BCUT2D eigenvalue weighted by atomic mass is 16.5. The Balaban J connectivity index is 4.36. The van der Waals surface area contributed by atoms with Crippen molar-refractivity contribution in [3.63, 3.8) is 0 Å². The molecule has 0 saturated heterocycles. The van der Waals surface area contributed by atoms with Crippen LogP contribution in [0.1, 0.15) is 13.3 Å². The number of nitrogens with zero attached hydrogens (tertiary/aromatic N) is 1. The van der Waals surface area contributed by atoms with Gasteiger partial charge >= 0.3 is 5.97 Å². The van der Waals surface area contributed by atoms with E-state index in [1.807, 2.05) is 0 Å². The van der Waals surface area contributed by atoms with Crippen molar-refractivity contribution >= 4 is 11.8 Å². The minimum absolute atomic E-state index is 0.158. The summed E-state index contributed by atoms with van der Waals surface area (Å²) in [6, 6.07) is 0. The molecule has 0 bridgehead atoms. The number of hydrogen-bond acceptors (Lipinski definition) is 4. The SMILES string of the molecule is COCC(N)(C#CCCN=C(C)N)C(=O)O. The van der Waals surface area contributed by atoms with Gasteiger partial charge in [0.25, 0.3) is 0 Å². The molecular weight excluding hydrogens is 210 g/mol. The quantitative estimate of drug-likeness (QED) is 0.246. The van der Waals surface area contributed by atoms with Crippen molar-refractivity contribution in [2.45, 2.75) is 18.9 Å². The van der Waals surface area contributed by atoms with Crippen LogP contribution in [0.5, 0.6) is 0 Å². The second-order valence-corrected chi connectivity index (χ2v) is 3.28. The molecule has 6 nitrogen and oxygen atoms in total. The summed E-state index contributed by atoms with van der Waals surface area (Å²) in [4.78, 5) is 14.7. The highest BCUT2D eigenvalue weighted by Crippen LogP contribution is 1.99. The monoisotopic (exact) mass is 227 g/mol. The molecule has 90 valence electrons. The molecule has 0 saturated carbocycles. The molecule has 1 atom stereocenters. The number of ether oxygens (including phenoxy) is 1. The Morgan fingerprint density at radius 3 is 2.69 bits per heavy atom. The molecule has 0 heterocycles. The Kier molecular flexibility index (Phi) is 6.15. The van der Waals surface area contributed by atoms with Crippen LogP contribution in [-0.2, 0) is 9.53 Å². The van der Waals surface area contributed by atoms with Gasteiger partial charge in [0.2, 0.25) is 0 Å². The molecule has 0 fully saturated rings. The Morgan fingerprint density at radius 2 is 2.25 bits per heavy atom. The predicted octanol–water partition coefficient (Wildman–Crippen LogP) is -0.814. The lowest BCUT2D eigenvalue weighted by atomic mass is 10.0. The van der Waals surface area contributed by atoms with Crippen LogP contribution in [0.3, 0.4) is 0 Å². The minimum Gasteiger partial charge on any atom is -0.479 e. The van der Waals surface area contributed by atoms with E-state index in [1.165, 1.54) is 7.11 Å². The molecule has 0 aliphatic heterocycles. The molecule has 0 aliphatic rings. The number of aliphatic carboxylic acids is 1. The third-order valence-electron chi connectivity index (χ3n) is 1.66. The van der Waals surface area contributed by atoms with E-state index < -0.39 is 11.5 Å². The van der Waals surface area contributed by atoms with Gasteiger partial charge in [-0.3, -0.25) is 4.99 Å². The smallest absolute Gasteiger partial charge is 0.338 e. The first-order valence-electron chi connectivity index (χ1n) is 4.70. The van der Waals surface area contributed by atoms with Crippen molar-refractivity contribution in [2.24, 2.45) is 16.5 Å². The highest BCUT2D eigenvalue weighted by Gasteiger charge is 2.31. The van der Waals surface area contributed by atoms with Gasteiger partial charge in [-0.2, -0.15) is 0 Å². The van der Waals surface area contributed by atoms with Crippen LogP contribution in [0.2, 0.25) is 0 Å². The second-order valence-electron chi connectivity index (χ2n) is 3.28. The van der Waals surface area contributed by atoms with Gasteiger partial charge in [-0.25, -0.2) is 4.79 Å². The molecule has 0 spiro atoms. The van der Waals surface area contributed by atoms with Crippen molar-refractivity contribution in [3.05, 3.63) is 0 Å². The third kappa shape index (κ3) is 5.34. The fourth-order valence-corrected chi connectivity index (χ4v) is 0.887. The molecule has 1 unspecified atom stereocenters. The molecule has 0 aromatic heterocycles. The Morgan fingerprint density at radius 1 is 1.62 bits per heavy atom. The minimum atomic E-state index is -1.66. The van der Waals surface area contributed by atoms with Crippen LogP contribution < -0.4 is 11.5 Å². The van der Waals surface area contributed by atoms with Crippen LogP contribution >= 0.6 is 0 Å². The van der Waals surface area contributed by atoms with E-state index in [0.717, 1.165) is 0 Å². The van der Waals surface area contributed by atoms with E-state index in [9.17, 15) is 4.79 Å². The topological polar surface area (TPSA) is 111 Å². The van der Waals surface area contributed by atoms with Crippen LogP contribution in [0.15, 0.2) is 4.99 Å². The number of carboxylic acids is 1. The van der Waals surface area contributed by atoms with Gasteiger partial charge in [0, 0.05) is 13.5 Å². The summed E-state index contributed by atoms with van der Waals surface area (Å²) in [5.74, 6) is 4.37. The van der Waals surface area contributed by atoms with E-state index in [1.54, 1.807) is 6.92 Å². The van der Waals surface area contributed by atoms with Crippen molar-refractivity contribution < 1.29 is 14.6 Å². The first-order valence-corrected chi connectivity index (χ1v) is 4.70. The molecule has 0 aromatic carbocycles. The standard InChI is InChI=1S/C10H17N3O3/c1-8(11)13-6-4-3-5-10(12,7-16-2)9(14)15/h4,6-7,12H2,1-2H3,(H2,11,13)(H,14,15). The number of nitrogens with two attached hydrogens (primary N) is 2. The van der Waals surface area contributed by atoms with Gasteiger partial charge in [0.15, 0.2) is 5.54 Å². The maximum Gasteiger partial charge on any atom is 0.338 e. The van der Waals surface area contributed by atoms with Crippen LogP contribution in [0, 0.1) is 11.8 Å². The average molecular weight is 227 g/mol. The van der Waals surface area contributed by atoms with E-state index in [2.05, 4.69) is 16.8 Å². The fourth-order valence-electron chi connectivity index (χ4n) is 0.887. The summed E-state index contributed by atoms with van der Waals surface area (Å²) in [5, 5.41) is 8.85. The Labute approximate surface area is 94.7 Å². The molecule has 0 aliphatic carbocycles. The summed E-state index contributed by atoms with van der Waals surface area (Å²) in [5.41, 5.74) is 9.20. The van der Waals surface area contributed by atoms with Gasteiger partial charge in [0.05, 0.1) is 19.0 Å². The number of carboxylic acid groups (broad SMARTS) is 1. The predicted molar refractivity (Wildman–Crippen MR) is 61.0 cm³/mol. The largest absolute Gasteiger partial charge is 0.479 e. The number of carbonyl (C=O) groups is 1. The summed E-state index contributed by atoms with van der Waals surface area (Å²) in [7, 11) is 1.37. The lowest BCUT2D eigenvalue weighted by Gasteiger charge is -2.16. The van der Waals surface area contributed by atoms with Crippen molar-refractivity contribution in [3.8, 4) is 11.8 Å². The number of amidine groups is 1. The summed E-state index contributed by atoms with van der Waals surface area (Å²) in [6.45, 7) is 1.94. The van der Waals surface area contributed by atoms with E-state index in [-0.39, 0.29) is 6.61 Å². The van der Waals surface area contributed by atoms with E-state index in [4.69, 9.17) is 21.3 Å². The van der Waals surface area contributed by atoms with E-state index in [0.29, 0.717) is 18.8 Å². The molecule has 16 heavy (non-hydrogen) atoms. The Hall–Kier alpha value is -1.58. The number of methoxy groups -OCH3 is 1. The second kappa shape index (κ2) is 6.82. The van der Waals surface area contributed by atoms with Gasteiger partial charge in [-0.05, 0) is 6.92 Å². The molecule has 5 N–H and O–H groups in total. The van der Waals surface area contributed by atoms with Crippen molar-refractivity contribution in [2.75, 3.05) is 20.3 Å². The van der Waals surface area contributed by atoms with Gasteiger partial charge in [-0.1, -0.05) is 11.8 Å². The van der Waals surface area contributed by atoms with Gasteiger partial charge in [0.1, 0.15) is 0 Å².